The van der Waals surface area contributed by atoms with Crippen molar-refractivity contribution in [3.05, 3.63) is 101 Å². The maximum absolute atomic E-state index is 12.5. The van der Waals surface area contributed by atoms with E-state index in [2.05, 4.69) is 10.6 Å². The number of carbonyl (C=O) groups excluding carboxylic acids is 2. The zero-order valence-corrected chi connectivity index (χ0v) is 18.6. The fourth-order valence-corrected chi connectivity index (χ4v) is 3.11. The van der Waals surface area contributed by atoms with Gasteiger partial charge in [-0.3, -0.25) is 9.59 Å². The fraction of sp³-hybridized carbons (Fsp3) is 0.148. The van der Waals surface area contributed by atoms with Crippen molar-refractivity contribution in [1.82, 2.24) is 5.32 Å². The van der Waals surface area contributed by atoms with E-state index in [0.29, 0.717) is 17.9 Å². The summed E-state index contributed by atoms with van der Waals surface area (Å²) >= 11 is 0. The number of hydrogen-bond acceptors (Lipinski definition) is 4. The van der Waals surface area contributed by atoms with Crippen LogP contribution in [0.3, 0.4) is 0 Å². The summed E-state index contributed by atoms with van der Waals surface area (Å²) in [5.74, 6) is -0.385. The van der Waals surface area contributed by atoms with Crippen LogP contribution in [0.25, 0.3) is 6.08 Å². The van der Waals surface area contributed by atoms with Gasteiger partial charge in [-0.2, -0.15) is 5.26 Å². The Hall–Kier alpha value is -4.37. The monoisotopic (exact) mass is 439 g/mol. The molecule has 6 heteroatoms. The average molecular weight is 440 g/mol. The number of carbonyl (C=O) groups is 2. The second-order valence-electron chi connectivity index (χ2n) is 7.53. The van der Waals surface area contributed by atoms with Gasteiger partial charge in [-0.05, 0) is 48.7 Å². The standard InChI is InChI=1S/C27H25N3O3/c1-19-12-13-20(2)24(14-19)30-26(31)18-33-25-11-7-6-10-22(25)15-23(16-28)27(32)29-17-21-8-4-3-5-9-21/h3-15H,17-18H2,1-2H3,(H,29,32)(H,30,31)/b23-15+. The highest BCUT2D eigenvalue weighted by Gasteiger charge is 2.12. The van der Waals surface area contributed by atoms with E-state index in [-0.39, 0.29) is 18.1 Å². The van der Waals surface area contributed by atoms with Gasteiger partial charge in [0.15, 0.2) is 6.61 Å². The minimum Gasteiger partial charge on any atom is -0.483 e. The molecule has 0 aliphatic carbocycles. The number of hydrogen-bond donors (Lipinski definition) is 2. The lowest BCUT2D eigenvalue weighted by molar-refractivity contribution is -0.118. The lowest BCUT2D eigenvalue weighted by Gasteiger charge is -2.12. The Labute approximate surface area is 193 Å². The van der Waals surface area contributed by atoms with Gasteiger partial charge in [0.1, 0.15) is 17.4 Å². The van der Waals surface area contributed by atoms with Crippen molar-refractivity contribution < 1.29 is 14.3 Å². The summed E-state index contributed by atoms with van der Waals surface area (Å²) in [5.41, 5.74) is 4.14. The van der Waals surface area contributed by atoms with Crippen LogP contribution in [-0.4, -0.2) is 18.4 Å². The van der Waals surface area contributed by atoms with Crippen LogP contribution in [0.2, 0.25) is 0 Å². The number of aryl methyl sites for hydroxylation is 2. The largest absolute Gasteiger partial charge is 0.483 e. The first-order valence-corrected chi connectivity index (χ1v) is 10.5. The summed E-state index contributed by atoms with van der Waals surface area (Å²) in [7, 11) is 0. The Morgan fingerprint density at radius 3 is 2.48 bits per heavy atom. The smallest absolute Gasteiger partial charge is 0.262 e. The molecule has 0 bridgehead atoms. The molecule has 0 fully saturated rings. The predicted molar refractivity (Wildman–Crippen MR) is 128 cm³/mol. The van der Waals surface area contributed by atoms with E-state index in [1.54, 1.807) is 24.3 Å². The lowest BCUT2D eigenvalue weighted by atomic mass is 10.1. The number of benzene rings is 3. The maximum atomic E-state index is 12.5. The lowest BCUT2D eigenvalue weighted by Crippen LogP contribution is -2.24. The molecule has 0 heterocycles. The third-order valence-corrected chi connectivity index (χ3v) is 4.91. The number of nitrogens with one attached hydrogen (secondary N) is 2. The quantitative estimate of drug-likeness (QED) is 0.398. The Balaban J connectivity index is 1.66. The van der Waals surface area contributed by atoms with Gasteiger partial charge in [0.25, 0.3) is 11.8 Å². The van der Waals surface area contributed by atoms with E-state index >= 15 is 0 Å². The van der Waals surface area contributed by atoms with Crippen molar-refractivity contribution in [2.45, 2.75) is 20.4 Å². The van der Waals surface area contributed by atoms with Crippen LogP contribution >= 0.6 is 0 Å². The van der Waals surface area contributed by atoms with Gasteiger partial charge in [0.2, 0.25) is 0 Å². The van der Waals surface area contributed by atoms with Crippen molar-refractivity contribution in [2.75, 3.05) is 11.9 Å². The van der Waals surface area contributed by atoms with E-state index in [4.69, 9.17) is 4.74 Å². The molecule has 0 spiro atoms. The third-order valence-electron chi connectivity index (χ3n) is 4.91. The number of ether oxygens (including phenoxy) is 1. The van der Waals surface area contributed by atoms with Gasteiger partial charge < -0.3 is 15.4 Å². The van der Waals surface area contributed by atoms with Crippen LogP contribution in [0.5, 0.6) is 5.75 Å². The van der Waals surface area contributed by atoms with E-state index in [1.165, 1.54) is 6.08 Å². The molecule has 0 saturated heterocycles. The topological polar surface area (TPSA) is 91.2 Å². The molecule has 3 aromatic carbocycles. The normalized spacial score (nSPS) is 10.8. The first kappa shape index (κ1) is 23.3. The number of para-hydroxylation sites is 1. The Kier molecular flexibility index (Phi) is 7.98. The Bertz CT molecular complexity index is 1210. The van der Waals surface area contributed by atoms with Gasteiger partial charge >= 0.3 is 0 Å². The molecule has 0 atom stereocenters. The highest BCUT2D eigenvalue weighted by molar-refractivity contribution is 6.02. The van der Waals surface area contributed by atoms with Crippen LogP contribution in [0.15, 0.2) is 78.4 Å². The van der Waals surface area contributed by atoms with E-state index in [0.717, 1.165) is 22.4 Å². The van der Waals surface area contributed by atoms with E-state index in [1.807, 2.05) is 68.4 Å². The fourth-order valence-electron chi connectivity index (χ4n) is 3.11. The zero-order valence-electron chi connectivity index (χ0n) is 18.6. The SMILES string of the molecule is Cc1ccc(C)c(NC(=O)COc2ccccc2/C=C(\C#N)C(=O)NCc2ccccc2)c1. The maximum Gasteiger partial charge on any atom is 0.262 e. The van der Waals surface area contributed by atoms with Crippen LogP contribution in [-0.2, 0) is 16.1 Å². The third kappa shape index (κ3) is 6.81. The number of amides is 2. The molecule has 33 heavy (non-hydrogen) atoms. The minimum absolute atomic E-state index is 0.0539. The highest BCUT2D eigenvalue weighted by Crippen LogP contribution is 2.22. The molecule has 2 N–H and O–H groups in total. The van der Waals surface area contributed by atoms with Gasteiger partial charge in [0.05, 0.1) is 0 Å². The number of anilines is 1. The van der Waals surface area contributed by atoms with Gasteiger partial charge in [-0.15, -0.1) is 0 Å². The van der Waals surface area contributed by atoms with Crippen molar-refractivity contribution in [3.63, 3.8) is 0 Å². The van der Waals surface area contributed by atoms with Crippen LogP contribution < -0.4 is 15.4 Å². The molecule has 3 rings (SSSR count). The zero-order chi connectivity index (χ0) is 23.6. The molecule has 2 amide bonds. The summed E-state index contributed by atoms with van der Waals surface area (Å²) < 4.78 is 5.70. The first-order chi connectivity index (χ1) is 16.0. The Morgan fingerprint density at radius 1 is 1.00 bits per heavy atom. The second-order valence-corrected chi connectivity index (χ2v) is 7.53. The molecule has 0 unspecified atom stereocenters. The number of rotatable bonds is 8. The summed E-state index contributed by atoms with van der Waals surface area (Å²) in [6.45, 7) is 3.98. The molecule has 0 aliphatic rings. The van der Waals surface area contributed by atoms with Crippen LogP contribution in [0.4, 0.5) is 5.69 Å². The average Bonchev–Trinajstić information content (AvgIpc) is 2.83. The highest BCUT2D eigenvalue weighted by atomic mass is 16.5. The number of nitrogens with zero attached hydrogens (tertiary/aromatic N) is 1. The Morgan fingerprint density at radius 2 is 1.73 bits per heavy atom. The van der Waals surface area contributed by atoms with E-state index < -0.39 is 5.91 Å². The van der Waals surface area contributed by atoms with Crippen LogP contribution in [0, 0.1) is 25.2 Å². The predicted octanol–water partition coefficient (Wildman–Crippen LogP) is 4.54. The molecule has 0 radical (unpaired) electrons. The minimum atomic E-state index is -0.483. The second kappa shape index (κ2) is 11.3. The van der Waals surface area contributed by atoms with Crippen molar-refractivity contribution >= 4 is 23.6 Å². The molecule has 166 valence electrons. The first-order valence-electron chi connectivity index (χ1n) is 10.5. The van der Waals surface area contributed by atoms with Gasteiger partial charge in [-0.1, -0.05) is 60.7 Å². The summed E-state index contributed by atoms with van der Waals surface area (Å²) in [6, 6.07) is 24.1. The van der Waals surface area contributed by atoms with Crippen LogP contribution in [0.1, 0.15) is 22.3 Å². The van der Waals surface area contributed by atoms with Crippen molar-refractivity contribution in [3.8, 4) is 11.8 Å². The molecule has 0 aliphatic heterocycles. The summed E-state index contributed by atoms with van der Waals surface area (Å²) in [4.78, 5) is 24.9. The molecular weight excluding hydrogens is 414 g/mol. The van der Waals surface area contributed by atoms with E-state index in [9.17, 15) is 14.9 Å². The summed E-state index contributed by atoms with van der Waals surface area (Å²) in [5, 5.41) is 15.1. The van der Waals surface area contributed by atoms with Crippen molar-refractivity contribution in [1.29, 1.82) is 5.26 Å². The molecular formula is C27H25N3O3. The number of nitriles is 1. The molecule has 6 nitrogen and oxygen atoms in total. The molecule has 0 aromatic heterocycles. The van der Waals surface area contributed by atoms with Gasteiger partial charge in [0, 0.05) is 17.8 Å². The summed E-state index contributed by atoms with van der Waals surface area (Å²) in [6.07, 6.45) is 1.46. The molecule has 0 saturated carbocycles. The van der Waals surface area contributed by atoms with Gasteiger partial charge in [-0.25, -0.2) is 0 Å². The van der Waals surface area contributed by atoms with Crippen molar-refractivity contribution in [2.24, 2.45) is 0 Å². The molecule has 3 aromatic rings.